The molecular weight excluding hydrogens is 1620 g/mol. The van der Waals surface area contributed by atoms with Crippen molar-refractivity contribution in [2.24, 2.45) is 5.11 Å². The lowest BCUT2D eigenvalue weighted by atomic mass is 9.94. The van der Waals surface area contributed by atoms with E-state index in [4.69, 9.17) is 80.5 Å². The van der Waals surface area contributed by atoms with E-state index in [-0.39, 0.29) is 38.9 Å². The van der Waals surface area contributed by atoms with Crippen molar-refractivity contribution in [1.29, 1.82) is 0 Å². The predicted octanol–water partition coefficient (Wildman–Crippen LogP) is 14.5. The van der Waals surface area contributed by atoms with Gasteiger partial charge >= 0.3 is 65.7 Å². The lowest BCUT2D eigenvalue weighted by Crippen LogP contribution is -2.69. The average molecular weight is 1720 g/mol. The zero-order valence-electron chi connectivity index (χ0n) is 70.0. The van der Waals surface area contributed by atoms with Crippen molar-refractivity contribution in [3.63, 3.8) is 0 Å². The molecule has 3 aliphatic heterocycles. The van der Waals surface area contributed by atoms with Gasteiger partial charge in [-0.1, -0.05) is 216 Å². The molecule has 0 saturated carbocycles. The standard InChI is InChI=1S/C94H103N3O28/c1-6-7-8-9-10-11-12-13-14-15-16-17-18-40-55-72(116-87(104)66-45-30-21-31-46-66)71(96-97-95)56-112-92-82(122-90(107)69-51-36-24-37-52-69)80(120-88(105)67-47-32-22-33-48-67)77(74(117-92)58-110-85(102)64-41-26-19-27-42-64)125-94-84(123-91(108)70-53-38-25-39-54-70)81(121-89(106)68-49-34-23-35-50-68)78(75(119-94)59-111-86(103)65-43-28-20-29-44-65)124-93-83(115-63(5)101)79(114-62(4)100)76(113-61(3)99)73(118-93)57-109-60(2)98/h19-55,71-84,92-94H,6-18,56-59H2,1-5H3/b55-40+/t71-,72+,73+,74+,75+,76-,77+,78-,79-,80-,81-,82+,83+,84+,92+,93+,94-/m0/s1. The molecule has 10 rings (SSSR count). The van der Waals surface area contributed by atoms with E-state index in [2.05, 4.69) is 16.9 Å². The summed E-state index contributed by atoms with van der Waals surface area (Å²) in [7, 11) is 0. The molecule has 0 radical (unpaired) electrons. The Bertz CT molecular complexity index is 4700. The molecule has 31 heteroatoms. The van der Waals surface area contributed by atoms with Crippen molar-refractivity contribution in [2.75, 3.05) is 26.4 Å². The van der Waals surface area contributed by atoms with Crippen molar-refractivity contribution in [3.8, 4) is 0 Å². The Balaban J connectivity index is 1.13. The molecule has 0 amide bonds. The minimum atomic E-state index is -2.37. The molecule has 31 nitrogen and oxygen atoms in total. The first kappa shape index (κ1) is 94.8. The van der Waals surface area contributed by atoms with E-state index in [1.54, 1.807) is 78.9 Å². The van der Waals surface area contributed by atoms with Crippen LogP contribution in [0.1, 0.15) is 191 Å². The number of nitrogens with zero attached hydrogens (tertiary/aromatic N) is 3. The molecule has 3 aliphatic rings. The van der Waals surface area contributed by atoms with Crippen molar-refractivity contribution in [3.05, 3.63) is 274 Å². The van der Waals surface area contributed by atoms with Crippen LogP contribution in [0.25, 0.3) is 10.4 Å². The molecule has 7 aromatic carbocycles. The highest BCUT2D eigenvalue weighted by molar-refractivity contribution is 5.93. The zero-order valence-corrected chi connectivity index (χ0v) is 70.0. The number of hydrogen-bond acceptors (Lipinski definition) is 29. The van der Waals surface area contributed by atoms with Gasteiger partial charge in [0, 0.05) is 32.6 Å². The van der Waals surface area contributed by atoms with Crippen molar-refractivity contribution in [1.82, 2.24) is 0 Å². The molecule has 0 N–H and O–H groups in total. The molecule has 3 saturated heterocycles. The smallest absolute Gasteiger partial charge is 0.338 e. The molecule has 17 atom stereocenters. The van der Waals surface area contributed by atoms with E-state index in [9.17, 15) is 39.1 Å². The lowest BCUT2D eigenvalue weighted by Gasteiger charge is -2.50. The largest absolute Gasteiger partial charge is 0.463 e. The Morgan fingerprint density at radius 1 is 0.344 bits per heavy atom. The second-order valence-corrected chi connectivity index (χ2v) is 29.7. The normalized spacial score (nSPS) is 22.5. The minimum Gasteiger partial charge on any atom is -0.463 e. The summed E-state index contributed by atoms with van der Waals surface area (Å²) in [5, 5.41) is 4.11. The summed E-state index contributed by atoms with van der Waals surface area (Å²) >= 11 is 0. The molecule has 0 unspecified atom stereocenters. The maximum atomic E-state index is 15.4. The van der Waals surface area contributed by atoms with Crippen LogP contribution in [0.5, 0.6) is 0 Å². The van der Waals surface area contributed by atoms with E-state index in [1.165, 1.54) is 184 Å². The maximum absolute atomic E-state index is 15.4. The second kappa shape index (κ2) is 49.7. The van der Waals surface area contributed by atoms with Crippen LogP contribution in [0, 0.1) is 0 Å². The summed E-state index contributed by atoms with van der Waals surface area (Å²) in [6.07, 6.45) is -15.2. The van der Waals surface area contributed by atoms with Crippen LogP contribution in [0.2, 0.25) is 0 Å². The van der Waals surface area contributed by atoms with Gasteiger partial charge < -0.3 is 80.5 Å². The van der Waals surface area contributed by atoms with Crippen molar-refractivity contribution in [2.45, 2.75) is 222 Å². The first-order valence-electron chi connectivity index (χ1n) is 41.7. The Morgan fingerprint density at radius 2 is 0.640 bits per heavy atom. The third-order valence-electron chi connectivity index (χ3n) is 20.3. The number of carbonyl (C=O) groups is 11. The average Bonchev–Trinajstić information content (AvgIpc) is 0.753. The number of ether oxygens (including phenoxy) is 17. The maximum Gasteiger partial charge on any atom is 0.338 e. The Hall–Kier alpha value is -12.5. The van der Waals surface area contributed by atoms with Gasteiger partial charge in [0.25, 0.3) is 0 Å². The molecule has 0 aromatic heterocycles. The highest BCUT2D eigenvalue weighted by Crippen LogP contribution is 2.40. The van der Waals surface area contributed by atoms with Gasteiger partial charge in [-0.25, -0.2) is 33.6 Å². The predicted molar refractivity (Wildman–Crippen MR) is 444 cm³/mol. The summed E-state index contributed by atoms with van der Waals surface area (Å²) < 4.78 is 109. The fourth-order valence-corrected chi connectivity index (χ4v) is 14.2. The van der Waals surface area contributed by atoms with E-state index in [1.807, 2.05) is 0 Å². The third-order valence-corrected chi connectivity index (χ3v) is 20.3. The van der Waals surface area contributed by atoms with Crippen LogP contribution in [-0.4, -0.2) is 196 Å². The quantitative estimate of drug-likeness (QED) is 0.00651. The second-order valence-electron chi connectivity index (χ2n) is 29.7. The first-order chi connectivity index (χ1) is 60.7. The third kappa shape index (κ3) is 29.1. The van der Waals surface area contributed by atoms with Crippen molar-refractivity contribution < 1.29 is 133 Å². The molecular formula is C94H103N3O28. The van der Waals surface area contributed by atoms with Crippen molar-refractivity contribution >= 4 is 65.7 Å². The number of hydrogen-bond donors (Lipinski definition) is 0. The molecule has 662 valence electrons. The fraction of sp³-hybridized carbons (Fsp3) is 0.415. The van der Waals surface area contributed by atoms with Crippen LogP contribution in [0.4, 0.5) is 0 Å². The highest BCUT2D eigenvalue weighted by atomic mass is 16.8. The number of allylic oxidation sites excluding steroid dienone is 1. The van der Waals surface area contributed by atoms with Crippen LogP contribution in [-0.2, 0) is 99.7 Å². The Labute approximate surface area is 723 Å². The number of carbonyl (C=O) groups excluding carboxylic acids is 11. The number of azide groups is 1. The molecule has 0 aliphatic carbocycles. The van der Waals surface area contributed by atoms with Gasteiger partial charge in [-0.2, -0.15) is 0 Å². The van der Waals surface area contributed by atoms with Gasteiger partial charge in [-0.15, -0.1) is 0 Å². The Kier molecular flexibility index (Phi) is 37.7. The summed E-state index contributed by atoms with van der Waals surface area (Å²) in [6, 6.07) is 51.3. The summed E-state index contributed by atoms with van der Waals surface area (Å²) in [4.78, 5) is 160. The van der Waals surface area contributed by atoms with Gasteiger partial charge in [0.1, 0.15) is 62.5 Å². The van der Waals surface area contributed by atoms with Crippen LogP contribution < -0.4 is 0 Å². The molecule has 3 fully saturated rings. The molecule has 0 bridgehead atoms. The molecule has 0 spiro atoms. The number of rotatable bonds is 44. The van der Waals surface area contributed by atoms with Crippen LogP contribution in [0.15, 0.2) is 230 Å². The highest BCUT2D eigenvalue weighted by Gasteiger charge is 2.61. The fourth-order valence-electron chi connectivity index (χ4n) is 14.2. The van der Waals surface area contributed by atoms with Gasteiger partial charge in [0.05, 0.1) is 45.6 Å². The minimum absolute atomic E-state index is 0.0117. The Morgan fingerprint density at radius 3 is 1.01 bits per heavy atom. The summed E-state index contributed by atoms with van der Waals surface area (Å²) in [6.45, 7) is 2.74. The SMILES string of the molecule is CCCCCCCCCCCCCC/C=C/[C@@H](OC(=O)c1ccccc1)[C@H](CO[C@@H]1O[C@H](COC(=O)c2ccccc2)[C@@H](O[C@@H]2O[C@H](COC(=O)c3ccccc3)[C@H](O[C@H]3O[C@H](COC(C)=O)[C@H](OC(C)=O)[C@H](OC(C)=O)[C@H]3OC(C)=O)[C@H](OC(=O)c3ccccc3)[C@H]2OC(=O)c2ccccc2)[C@H](OC(=O)c2ccccc2)[C@H]1OC(=O)c1ccccc1)N=[N+]=[N-]. The number of unbranched alkanes of at least 4 members (excludes halogenated alkanes) is 12. The molecule has 7 aromatic rings. The lowest BCUT2D eigenvalue weighted by molar-refractivity contribution is -0.377. The van der Waals surface area contributed by atoms with Gasteiger partial charge in [-0.3, -0.25) is 19.2 Å². The van der Waals surface area contributed by atoms with Gasteiger partial charge in [0.15, 0.2) is 61.6 Å². The van der Waals surface area contributed by atoms with Gasteiger partial charge in [-0.05, 0) is 109 Å². The van der Waals surface area contributed by atoms with E-state index in [0.29, 0.717) is 6.42 Å². The molecule has 125 heavy (non-hydrogen) atoms. The topological polar surface area (TPSA) is 393 Å². The summed E-state index contributed by atoms with van der Waals surface area (Å²) in [5.41, 5.74) is 10.1. The monoisotopic (exact) mass is 1720 g/mol. The zero-order chi connectivity index (χ0) is 88.8. The van der Waals surface area contributed by atoms with E-state index in [0.717, 1.165) is 66.2 Å². The number of esters is 11. The summed E-state index contributed by atoms with van der Waals surface area (Å²) in [5.74, 6) is -11.4. The van der Waals surface area contributed by atoms with Crippen LogP contribution in [0.3, 0.4) is 0 Å². The van der Waals surface area contributed by atoms with E-state index < -0.39 is 196 Å². The molecule has 3 heterocycles. The number of benzene rings is 7. The van der Waals surface area contributed by atoms with Gasteiger partial charge in [0.2, 0.25) is 0 Å². The van der Waals surface area contributed by atoms with E-state index >= 15 is 19.2 Å². The first-order valence-corrected chi connectivity index (χ1v) is 41.7. The van der Waals surface area contributed by atoms with Crippen LogP contribution >= 0.6 is 0 Å².